The Kier molecular flexibility index (Phi) is 2.58. The van der Waals surface area contributed by atoms with Gasteiger partial charge in [-0.3, -0.25) is 0 Å². The van der Waals surface area contributed by atoms with Gasteiger partial charge in [-0.2, -0.15) is 0 Å². The molecule has 0 spiro atoms. The Morgan fingerprint density at radius 1 is 0.467 bits per heavy atom. The van der Waals surface area contributed by atoms with E-state index in [0.29, 0.717) is 0 Å². The predicted octanol–water partition coefficient (Wildman–Crippen LogP) is 7.99. The van der Waals surface area contributed by atoms with Crippen LogP contribution < -0.4 is 17.6 Å². The third-order valence-electron chi connectivity index (χ3n) is 7.26. The van der Waals surface area contributed by atoms with Crippen LogP contribution in [0.1, 0.15) is 38.4 Å². The molecule has 9 aromatic rings. The Hall–Kier alpha value is -4.60. The van der Waals surface area contributed by atoms with Gasteiger partial charge in [0.2, 0.25) is 0 Å². The molecule has 45 heavy (non-hydrogen) atoms. The van der Waals surface area contributed by atoms with Gasteiger partial charge in [-0.15, -0.1) is 0 Å². The first kappa shape index (κ1) is 10.7. The predicted molar refractivity (Wildman–Crippen MR) is 195 cm³/mol. The Balaban J connectivity index is 1.68. The van der Waals surface area contributed by atoms with Crippen molar-refractivity contribution in [2.24, 2.45) is 0 Å². The standard InChI is InChI=1S/C42H28GeOSe/c1-4-16-30(17-5-1)43(31-18-6-2-7-19-31,32-20-8-3-9-21-32)33-22-14-15-29(27-33)36-28-39-40(35-24-11-13-26-38(35)45-39)41-34-23-10-12-25-37(34)44-42(36)41/h1-28H/i1D,2D,3D,4D,5D,6D,7D,8D,9D,10D,11D,12D,13D,14D,15D,16D,17D,18D,19D,20D,21D,22D,23D,24D,25D,26D,27D,28D. The monoisotopic (exact) mass is 730 g/mol. The van der Waals surface area contributed by atoms with Crippen LogP contribution in [-0.2, 0) is 0 Å². The van der Waals surface area contributed by atoms with Crippen molar-refractivity contribution in [2.75, 3.05) is 0 Å². The zero-order chi connectivity index (χ0) is 54.2. The summed E-state index contributed by atoms with van der Waals surface area (Å²) in [4.78, 5) is 0. The molecule has 7 aromatic carbocycles. The maximum atomic E-state index is 10.3. The van der Waals surface area contributed by atoms with E-state index in [0.717, 1.165) is 0 Å². The molecule has 0 saturated heterocycles. The molecule has 3 heteroatoms. The van der Waals surface area contributed by atoms with Gasteiger partial charge in [0.25, 0.3) is 0 Å². The van der Waals surface area contributed by atoms with E-state index in [4.69, 9.17) is 27.7 Å². The zero-order valence-corrected chi connectivity index (χ0v) is 26.1. The van der Waals surface area contributed by atoms with E-state index >= 15 is 0 Å². The minimum atomic E-state index is -7.29. The summed E-state index contributed by atoms with van der Waals surface area (Å²) in [5, 5.41) is -1.01. The second-order valence-electron chi connectivity index (χ2n) is 9.52. The first-order valence-corrected chi connectivity index (χ1v) is 19.0. The molecule has 0 saturated carbocycles. The average Bonchev–Trinajstić information content (AvgIpc) is 3.96. The molecule has 0 aliphatic heterocycles. The van der Waals surface area contributed by atoms with E-state index in [9.17, 15) is 15.1 Å². The Bertz CT molecular complexity index is 3830. The normalized spacial score (nSPS) is 20.7. The molecule has 9 rings (SSSR count). The van der Waals surface area contributed by atoms with E-state index in [-0.39, 0.29) is 30.1 Å². The van der Waals surface area contributed by atoms with Gasteiger partial charge in [0.15, 0.2) is 0 Å². The molecule has 0 N–H and O–H groups in total. The van der Waals surface area contributed by atoms with Crippen molar-refractivity contribution in [3.8, 4) is 11.1 Å². The molecule has 0 fully saturated rings. The molecule has 212 valence electrons. The molecule has 0 radical (unpaired) electrons. The van der Waals surface area contributed by atoms with E-state index < -0.39 is 237 Å². The Labute approximate surface area is 309 Å². The van der Waals surface area contributed by atoms with Gasteiger partial charge in [-0.05, 0) is 0 Å². The first-order chi connectivity index (χ1) is 34.0. The van der Waals surface area contributed by atoms with Gasteiger partial charge in [-0.25, -0.2) is 0 Å². The van der Waals surface area contributed by atoms with Crippen LogP contribution >= 0.6 is 0 Å². The van der Waals surface area contributed by atoms with Gasteiger partial charge in [0.05, 0.1) is 0 Å². The molecule has 0 aliphatic rings. The number of rotatable bonds is 5. The number of para-hydroxylation sites is 1. The van der Waals surface area contributed by atoms with Crippen molar-refractivity contribution in [2.45, 2.75) is 0 Å². The fourth-order valence-electron chi connectivity index (χ4n) is 5.45. The second kappa shape index (κ2) is 10.8. The number of furan rings is 1. The van der Waals surface area contributed by atoms with Gasteiger partial charge < -0.3 is 0 Å². The van der Waals surface area contributed by atoms with Crippen molar-refractivity contribution in [3.05, 3.63) is 169 Å². The number of fused-ring (bicyclic) bond motifs is 7. The molecule has 0 atom stereocenters. The summed E-state index contributed by atoms with van der Waals surface area (Å²) in [6.07, 6.45) is 0. The van der Waals surface area contributed by atoms with Crippen molar-refractivity contribution in [1.29, 1.82) is 0 Å². The summed E-state index contributed by atoms with van der Waals surface area (Å²) in [5.74, 6) is 0. The van der Waals surface area contributed by atoms with E-state index in [1.165, 1.54) is 0 Å². The van der Waals surface area contributed by atoms with Crippen LogP contribution in [0.2, 0.25) is 0 Å². The third kappa shape index (κ3) is 4.14. The number of hydrogen-bond donors (Lipinski definition) is 0. The summed E-state index contributed by atoms with van der Waals surface area (Å²) in [5.41, 5.74) is -2.84. The minimum absolute atomic E-state index is 0.0196. The van der Waals surface area contributed by atoms with Gasteiger partial charge in [-0.1, -0.05) is 0 Å². The molecular formula is C42H28GeOSe. The van der Waals surface area contributed by atoms with Crippen molar-refractivity contribution >= 4 is 86.6 Å². The molecule has 0 unspecified atom stereocenters. The number of hydrogen-bond acceptors (Lipinski definition) is 1. The fraction of sp³-hybridized carbons (Fsp3) is 0. The summed E-state index contributed by atoms with van der Waals surface area (Å²) >= 11 is -8.59. The summed E-state index contributed by atoms with van der Waals surface area (Å²) in [6, 6.07) is -28.6. The molecule has 1 nitrogen and oxygen atoms in total. The zero-order valence-electron chi connectivity index (χ0n) is 50.3. The molecule has 2 aromatic heterocycles. The third-order valence-corrected chi connectivity index (χ3v) is 17.8. The van der Waals surface area contributed by atoms with E-state index in [2.05, 4.69) is 0 Å². The first-order valence-electron chi connectivity index (χ1n) is 27.1. The molecule has 0 bridgehead atoms. The van der Waals surface area contributed by atoms with E-state index in [1.54, 1.807) is 0 Å². The summed E-state index contributed by atoms with van der Waals surface area (Å²) in [6.45, 7) is 0. The van der Waals surface area contributed by atoms with Crippen molar-refractivity contribution < 1.29 is 42.8 Å². The molecule has 0 amide bonds. The molecular weight excluding hydrogens is 672 g/mol. The summed E-state index contributed by atoms with van der Waals surface area (Å²) < 4.78 is 256. The second-order valence-corrected chi connectivity index (χ2v) is 19.0. The average molecular weight is 728 g/mol. The van der Waals surface area contributed by atoms with Crippen LogP contribution in [0, 0.1) is 0 Å². The number of benzene rings is 7. The quantitative estimate of drug-likeness (QED) is 0.164. The van der Waals surface area contributed by atoms with Crippen molar-refractivity contribution in [1.82, 2.24) is 0 Å². The Morgan fingerprint density at radius 2 is 1.02 bits per heavy atom. The molecule has 2 heterocycles. The Morgan fingerprint density at radius 3 is 1.69 bits per heavy atom. The SMILES string of the molecule is [2H]c1c([2H])c([2H])[c]([Ge]([c]2c([2H])c([2H])c([2H])c([2H])c2[2H])([c]2c([2H])c([2H])c([2H])c([2H])c2[2H])[c]2c([2H])c([2H])c([2H])c(-c3c([2H])c4[se]c5c([2H])c([2H])c([2H])c([2H])c5c4c4c3oc3c([2H])c([2H])c([2H])c([2H])c34)c2[2H])c([2H])c1[2H]. The van der Waals surface area contributed by atoms with Crippen LogP contribution in [0.3, 0.4) is 0 Å². The van der Waals surface area contributed by atoms with Crippen LogP contribution in [-0.4, -0.2) is 27.8 Å². The van der Waals surface area contributed by atoms with Crippen LogP contribution in [0.5, 0.6) is 0 Å². The van der Waals surface area contributed by atoms with Gasteiger partial charge in [0.1, 0.15) is 0 Å². The fourth-order valence-corrected chi connectivity index (χ4v) is 15.1. The maximum absolute atomic E-state index is 10.3. The molecule has 0 aliphatic carbocycles. The van der Waals surface area contributed by atoms with Gasteiger partial charge in [0, 0.05) is 0 Å². The summed E-state index contributed by atoms with van der Waals surface area (Å²) in [7, 11) is 0. The van der Waals surface area contributed by atoms with Crippen LogP contribution in [0.4, 0.5) is 0 Å². The van der Waals surface area contributed by atoms with Gasteiger partial charge >= 0.3 is 310 Å². The van der Waals surface area contributed by atoms with Crippen molar-refractivity contribution in [3.63, 3.8) is 0 Å². The van der Waals surface area contributed by atoms with Crippen LogP contribution in [0.15, 0.2) is 174 Å². The van der Waals surface area contributed by atoms with E-state index in [1.807, 2.05) is 0 Å². The van der Waals surface area contributed by atoms with Crippen LogP contribution in [0.25, 0.3) is 52.4 Å². The topological polar surface area (TPSA) is 13.1 Å².